The molecule has 0 aromatic heterocycles. The third-order valence-electron chi connectivity index (χ3n) is 10.1. The van der Waals surface area contributed by atoms with Crippen LogP contribution in [0, 0.1) is 0 Å². The maximum atomic E-state index is 4.48. The summed E-state index contributed by atoms with van der Waals surface area (Å²) in [5.74, 6) is 0. The lowest BCUT2D eigenvalue weighted by atomic mass is 9.89. The van der Waals surface area contributed by atoms with Gasteiger partial charge in [0.2, 0.25) is 0 Å². The summed E-state index contributed by atoms with van der Waals surface area (Å²) in [6.07, 6.45) is 16.4. The Morgan fingerprint density at radius 3 is 2.10 bits per heavy atom. The van der Waals surface area contributed by atoms with E-state index in [1.165, 1.54) is 49.6 Å². The molecule has 2 heteroatoms. The molecule has 0 aliphatic carbocycles. The van der Waals surface area contributed by atoms with Gasteiger partial charge in [-0.1, -0.05) is 147 Å². The molecule has 52 heavy (non-hydrogen) atoms. The first-order chi connectivity index (χ1) is 25.7. The molecule has 7 aromatic rings. The average molecular weight is 665 g/mol. The van der Waals surface area contributed by atoms with Gasteiger partial charge < -0.3 is 9.80 Å². The number of hydrogen-bond acceptors (Lipinski definition) is 2. The van der Waals surface area contributed by atoms with Crippen molar-refractivity contribution in [2.24, 2.45) is 0 Å². The van der Waals surface area contributed by atoms with E-state index >= 15 is 0 Å². The molecule has 0 atom stereocenters. The molecule has 2 heterocycles. The minimum absolute atomic E-state index is 0.975. The van der Waals surface area contributed by atoms with Gasteiger partial charge in [0.1, 0.15) is 0 Å². The smallest absolute Gasteiger partial charge is 0.0556 e. The van der Waals surface area contributed by atoms with Crippen molar-refractivity contribution in [3.63, 3.8) is 0 Å². The molecule has 0 saturated heterocycles. The highest BCUT2D eigenvalue weighted by Gasteiger charge is 2.31. The van der Waals surface area contributed by atoms with Crippen molar-refractivity contribution in [2.45, 2.75) is 0 Å². The van der Waals surface area contributed by atoms with Gasteiger partial charge in [0.05, 0.1) is 22.8 Å². The van der Waals surface area contributed by atoms with Crippen LogP contribution in [-0.2, 0) is 0 Å². The van der Waals surface area contributed by atoms with Gasteiger partial charge in [-0.2, -0.15) is 0 Å². The van der Waals surface area contributed by atoms with Gasteiger partial charge in [-0.05, 0) is 98.6 Å². The Labute approximate surface area is 305 Å². The Bertz CT molecular complexity index is 2670. The normalized spacial score (nSPS) is 15.6. The summed E-state index contributed by atoms with van der Waals surface area (Å²) in [6.45, 7) is 8.38. The predicted molar refractivity (Wildman–Crippen MR) is 224 cm³/mol. The van der Waals surface area contributed by atoms with E-state index in [0.29, 0.717) is 0 Å². The highest BCUT2D eigenvalue weighted by molar-refractivity contribution is 6.12. The monoisotopic (exact) mass is 664 g/mol. The van der Waals surface area contributed by atoms with Crippen molar-refractivity contribution in [3.8, 4) is 22.3 Å². The zero-order valence-corrected chi connectivity index (χ0v) is 28.8. The second-order valence-corrected chi connectivity index (χ2v) is 13.1. The molecule has 0 bridgehead atoms. The Kier molecular flexibility index (Phi) is 7.83. The predicted octanol–water partition coefficient (Wildman–Crippen LogP) is 13.8. The third-order valence-corrected chi connectivity index (χ3v) is 10.1. The van der Waals surface area contributed by atoms with Gasteiger partial charge in [-0.3, -0.25) is 0 Å². The fourth-order valence-corrected chi connectivity index (χ4v) is 7.53. The molecular weight excluding hydrogens is 629 g/mol. The minimum atomic E-state index is 0.975. The lowest BCUT2D eigenvalue weighted by Gasteiger charge is -2.40. The van der Waals surface area contributed by atoms with Crippen molar-refractivity contribution in [2.75, 3.05) is 9.80 Å². The topological polar surface area (TPSA) is 6.48 Å². The fourth-order valence-electron chi connectivity index (χ4n) is 7.53. The van der Waals surface area contributed by atoms with E-state index in [0.717, 1.165) is 39.3 Å². The molecule has 0 saturated carbocycles. The Balaban J connectivity index is 1.12. The Morgan fingerprint density at radius 2 is 1.25 bits per heavy atom. The van der Waals surface area contributed by atoms with Crippen LogP contribution in [-0.4, -0.2) is 0 Å². The molecule has 0 spiro atoms. The van der Waals surface area contributed by atoms with Crippen LogP contribution in [0.1, 0.15) is 11.1 Å². The third kappa shape index (κ3) is 5.39. The van der Waals surface area contributed by atoms with E-state index in [9.17, 15) is 0 Å². The van der Waals surface area contributed by atoms with Crippen LogP contribution in [0.25, 0.3) is 55.1 Å². The van der Waals surface area contributed by atoms with Gasteiger partial charge in [0.15, 0.2) is 0 Å². The molecule has 9 rings (SSSR count). The Hall–Kier alpha value is -6.90. The van der Waals surface area contributed by atoms with Crippen LogP contribution in [0.3, 0.4) is 0 Å². The van der Waals surface area contributed by atoms with Crippen LogP contribution in [0.15, 0.2) is 207 Å². The van der Waals surface area contributed by atoms with Crippen LogP contribution in [0.4, 0.5) is 22.7 Å². The van der Waals surface area contributed by atoms with Gasteiger partial charge in [-0.15, -0.1) is 0 Å². The van der Waals surface area contributed by atoms with Crippen LogP contribution in [0.5, 0.6) is 0 Å². The first kappa shape index (κ1) is 31.1. The Morgan fingerprint density at radius 1 is 0.500 bits per heavy atom. The standard InChI is InChI=1S/C50H36N2/c1-3-4-6-23-49-46-34-40(27-30-50(46)52(49)48-24-14-21-43-42(20-13-22-44(43)48)37-17-7-5-8-18-37)39-26-29-47-45(33-39)35(2)15-11-12-31-51(47)41-28-25-36-16-9-10-19-38(36)32-41/h3-34H,1-2H2/b6-4-,15-11-,31-12-,49-23-. The van der Waals surface area contributed by atoms with Gasteiger partial charge >= 0.3 is 0 Å². The molecule has 0 unspecified atom stereocenters. The lowest BCUT2D eigenvalue weighted by Crippen LogP contribution is -2.26. The lowest BCUT2D eigenvalue weighted by molar-refractivity contribution is 1.22. The molecule has 7 aromatic carbocycles. The first-order valence-corrected chi connectivity index (χ1v) is 17.7. The zero-order chi connectivity index (χ0) is 35.0. The molecule has 0 radical (unpaired) electrons. The van der Waals surface area contributed by atoms with Gasteiger partial charge in [-0.25, -0.2) is 0 Å². The number of allylic oxidation sites excluding steroid dienone is 8. The summed E-state index contributed by atoms with van der Waals surface area (Å²) in [5, 5.41) is 4.90. The molecular formula is C50H36N2. The number of hydrogen-bond donors (Lipinski definition) is 0. The van der Waals surface area contributed by atoms with Crippen LogP contribution in [0.2, 0.25) is 0 Å². The highest BCUT2D eigenvalue weighted by Crippen LogP contribution is 2.51. The van der Waals surface area contributed by atoms with E-state index in [4.69, 9.17) is 0 Å². The van der Waals surface area contributed by atoms with Crippen LogP contribution >= 0.6 is 0 Å². The van der Waals surface area contributed by atoms with E-state index < -0.39 is 0 Å². The first-order valence-electron chi connectivity index (χ1n) is 17.7. The average Bonchev–Trinajstić information content (AvgIpc) is 3.19. The maximum Gasteiger partial charge on any atom is 0.0556 e. The molecule has 2 aliphatic rings. The van der Waals surface area contributed by atoms with Gasteiger partial charge in [0.25, 0.3) is 0 Å². The SMILES string of the molecule is C=C/C=C\C=C1\c2cc(-c3ccc4c(c3)C(=C)/C=C\C=C/N4c3ccc4ccccc4c3)ccc2N1c1cccc2c(-c3ccccc3)cccc12. The zero-order valence-electron chi connectivity index (χ0n) is 28.8. The quantitative estimate of drug-likeness (QED) is 0.163. The summed E-state index contributed by atoms with van der Waals surface area (Å²) in [7, 11) is 0. The summed E-state index contributed by atoms with van der Waals surface area (Å²) >= 11 is 0. The number of anilines is 4. The summed E-state index contributed by atoms with van der Waals surface area (Å²) in [5.41, 5.74) is 13.8. The molecule has 0 amide bonds. The summed E-state index contributed by atoms with van der Waals surface area (Å²) in [4.78, 5) is 4.64. The van der Waals surface area contributed by atoms with Crippen LogP contribution < -0.4 is 9.80 Å². The number of nitrogens with zero attached hydrogens (tertiary/aromatic N) is 2. The van der Waals surface area contributed by atoms with Crippen molar-refractivity contribution in [1.29, 1.82) is 0 Å². The molecule has 0 N–H and O–H groups in total. The van der Waals surface area contributed by atoms with Crippen molar-refractivity contribution >= 4 is 55.6 Å². The van der Waals surface area contributed by atoms with Crippen molar-refractivity contribution in [3.05, 3.63) is 219 Å². The largest absolute Gasteiger partial charge is 0.317 e. The van der Waals surface area contributed by atoms with E-state index in [2.05, 4.69) is 205 Å². The van der Waals surface area contributed by atoms with Crippen molar-refractivity contribution < 1.29 is 0 Å². The molecule has 2 aliphatic heterocycles. The number of benzene rings is 7. The van der Waals surface area contributed by atoms with E-state index in [1.807, 2.05) is 12.2 Å². The van der Waals surface area contributed by atoms with Gasteiger partial charge in [0, 0.05) is 28.4 Å². The summed E-state index contributed by atoms with van der Waals surface area (Å²) in [6, 6.07) is 52.6. The second kappa shape index (κ2) is 13.1. The number of fused-ring (bicyclic) bond motifs is 4. The fraction of sp³-hybridized carbons (Fsp3) is 0. The molecule has 246 valence electrons. The number of rotatable bonds is 6. The highest BCUT2D eigenvalue weighted by atomic mass is 15.2. The molecule has 0 fully saturated rings. The van der Waals surface area contributed by atoms with Crippen molar-refractivity contribution in [1.82, 2.24) is 0 Å². The summed E-state index contributed by atoms with van der Waals surface area (Å²) < 4.78 is 0. The molecule has 2 nitrogen and oxygen atoms in total. The maximum absolute atomic E-state index is 4.48. The van der Waals surface area contributed by atoms with E-state index in [-0.39, 0.29) is 0 Å². The van der Waals surface area contributed by atoms with E-state index in [1.54, 1.807) is 0 Å². The minimum Gasteiger partial charge on any atom is -0.317 e. The second-order valence-electron chi connectivity index (χ2n) is 13.1.